The van der Waals surface area contributed by atoms with E-state index < -0.39 is 9.53 Å². The van der Waals surface area contributed by atoms with Crippen molar-refractivity contribution in [3.05, 3.63) is 0 Å². The Labute approximate surface area is 70.6 Å². The van der Waals surface area contributed by atoms with Crippen LogP contribution >= 0.6 is 0 Å². The van der Waals surface area contributed by atoms with Gasteiger partial charge in [0.2, 0.25) is 0 Å². The monoisotopic (exact) mass is 177 g/mol. The molecule has 0 N–H and O–H groups in total. The SMILES string of the molecule is CCCO[Si](OC)OCCC. The standard InChI is InChI=1S/C7H17O3Si/c1-4-6-9-11(8-3)10-7-5-2/h4-7H2,1-3H3. The van der Waals surface area contributed by atoms with Crippen LogP contribution in [-0.2, 0) is 13.3 Å². The van der Waals surface area contributed by atoms with Gasteiger partial charge in [0.05, 0.1) is 0 Å². The smallest absolute Gasteiger partial charge is 0.375 e. The van der Waals surface area contributed by atoms with Gasteiger partial charge in [0.15, 0.2) is 0 Å². The molecule has 0 atom stereocenters. The summed E-state index contributed by atoms with van der Waals surface area (Å²) in [6, 6.07) is 0. The molecule has 0 amide bonds. The molecule has 3 nitrogen and oxygen atoms in total. The van der Waals surface area contributed by atoms with Gasteiger partial charge < -0.3 is 13.3 Å². The zero-order chi connectivity index (χ0) is 8.53. The molecule has 0 aromatic heterocycles. The van der Waals surface area contributed by atoms with Gasteiger partial charge in [-0.1, -0.05) is 13.8 Å². The molecule has 0 rings (SSSR count). The molecule has 0 aliphatic rings. The van der Waals surface area contributed by atoms with E-state index in [2.05, 4.69) is 13.8 Å². The Balaban J connectivity index is 3.25. The van der Waals surface area contributed by atoms with Crippen LogP contribution in [0.4, 0.5) is 0 Å². The first-order valence-corrected chi connectivity index (χ1v) is 5.24. The van der Waals surface area contributed by atoms with Crippen molar-refractivity contribution in [2.45, 2.75) is 26.7 Å². The molecule has 0 aliphatic heterocycles. The molecule has 0 bridgehead atoms. The van der Waals surface area contributed by atoms with Crippen LogP contribution in [0.3, 0.4) is 0 Å². The fourth-order valence-corrected chi connectivity index (χ4v) is 1.59. The zero-order valence-corrected chi connectivity index (χ0v) is 8.55. The third-order valence-electron chi connectivity index (χ3n) is 1.01. The average Bonchev–Trinajstić information content (AvgIpc) is 2.05. The Kier molecular flexibility index (Phi) is 8.27. The topological polar surface area (TPSA) is 27.7 Å². The quantitative estimate of drug-likeness (QED) is 0.551. The molecule has 0 heterocycles. The van der Waals surface area contributed by atoms with Gasteiger partial charge in [-0.3, -0.25) is 0 Å². The van der Waals surface area contributed by atoms with Crippen LogP contribution in [-0.4, -0.2) is 29.9 Å². The minimum atomic E-state index is -1.41. The molecule has 0 saturated carbocycles. The molecule has 0 fully saturated rings. The lowest BCUT2D eigenvalue weighted by Gasteiger charge is -2.10. The lowest BCUT2D eigenvalue weighted by Crippen LogP contribution is -2.26. The predicted octanol–water partition coefficient (Wildman–Crippen LogP) is 1.47. The minimum Gasteiger partial charge on any atom is -0.375 e. The predicted molar refractivity (Wildman–Crippen MR) is 45.2 cm³/mol. The van der Waals surface area contributed by atoms with Crippen LogP contribution in [0.1, 0.15) is 26.7 Å². The van der Waals surface area contributed by atoms with Gasteiger partial charge in [0, 0.05) is 20.3 Å². The minimum absolute atomic E-state index is 0.728. The third kappa shape index (κ3) is 6.49. The fraction of sp³-hybridized carbons (Fsp3) is 1.00. The summed E-state index contributed by atoms with van der Waals surface area (Å²) in [6.45, 7) is 5.58. The first-order chi connectivity index (χ1) is 5.35. The maximum atomic E-state index is 5.30. The van der Waals surface area contributed by atoms with E-state index in [-0.39, 0.29) is 0 Å². The molecule has 0 unspecified atom stereocenters. The van der Waals surface area contributed by atoms with Gasteiger partial charge in [-0.05, 0) is 12.8 Å². The number of hydrogen-bond acceptors (Lipinski definition) is 3. The summed E-state index contributed by atoms with van der Waals surface area (Å²) in [4.78, 5) is 0. The summed E-state index contributed by atoms with van der Waals surface area (Å²) >= 11 is 0. The number of rotatable bonds is 7. The van der Waals surface area contributed by atoms with Crippen molar-refractivity contribution >= 4 is 9.53 Å². The van der Waals surface area contributed by atoms with Crippen LogP contribution in [0.5, 0.6) is 0 Å². The maximum Gasteiger partial charge on any atom is 0.577 e. The van der Waals surface area contributed by atoms with E-state index in [1.807, 2.05) is 0 Å². The van der Waals surface area contributed by atoms with Crippen LogP contribution in [0, 0.1) is 0 Å². The van der Waals surface area contributed by atoms with Crippen molar-refractivity contribution < 1.29 is 13.3 Å². The summed E-state index contributed by atoms with van der Waals surface area (Å²) in [5.41, 5.74) is 0. The van der Waals surface area contributed by atoms with Gasteiger partial charge >= 0.3 is 9.53 Å². The fourth-order valence-electron chi connectivity index (χ4n) is 0.530. The van der Waals surface area contributed by atoms with Crippen molar-refractivity contribution in [3.63, 3.8) is 0 Å². The molecule has 0 spiro atoms. The van der Waals surface area contributed by atoms with E-state index in [1.54, 1.807) is 7.11 Å². The van der Waals surface area contributed by atoms with Gasteiger partial charge in [0.25, 0.3) is 0 Å². The van der Waals surface area contributed by atoms with E-state index >= 15 is 0 Å². The first-order valence-electron chi connectivity index (χ1n) is 4.01. The van der Waals surface area contributed by atoms with Gasteiger partial charge in [-0.15, -0.1) is 0 Å². The molecule has 0 aromatic rings. The second-order valence-electron chi connectivity index (χ2n) is 2.15. The molecule has 0 aliphatic carbocycles. The van der Waals surface area contributed by atoms with E-state index in [1.165, 1.54) is 0 Å². The van der Waals surface area contributed by atoms with Gasteiger partial charge in [0.1, 0.15) is 0 Å². The van der Waals surface area contributed by atoms with Crippen molar-refractivity contribution in [1.29, 1.82) is 0 Å². The molecule has 0 saturated heterocycles. The highest BCUT2D eigenvalue weighted by molar-refractivity contribution is 6.36. The first kappa shape index (κ1) is 11.1. The highest BCUT2D eigenvalue weighted by atomic mass is 28.3. The van der Waals surface area contributed by atoms with Crippen molar-refractivity contribution in [2.24, 2.45) is 0 Å². The Hall–Kier alpha value is 0.0969. The lowest BCUT2D eigenvalue weighted by molar-refractivity contribution is 0.113. The van der Waals surface area contributed by atoms with Crippen LogP contribution in [0.25, 0.3) is 0 Å². The molecule has 0 aromatic carbocycles. The Bertz CT molecular complexity index is 72.1. The summed E-state index contributed by atoms with van der Waals surface area (Å²) in [6.07, 6.45) is 2.01. The van der Waals surface area contributed by atoms with E-state index in [0.29, 0.717) is 0 Å². The molecule has 1 radical (unpaired) electrons. The van der Waals surface area contributed by atoms with Crippen LogP contribution in [0.15, 0.2) is 0 Å². The highest BCUT2D eigenvalue weighted by Gasteiger charge is 2.15. The summed E-state index contributed by atoms with van der Waals surface area (Å²) < 4.78 is 15.6. The third-order valence-corrected chi connectivity index (χ3v) is 2.23. The largest absolute Gasteiger partial charge is 0.577 e. The zero-order valence-electron chi connectivity index (χ0n) is 7.55. The summed E-state index contributed by atoms with van der Waals surface area (Å²) in [7, 11) is 0.215. The maximum absolute atomic E-state index is 5.30. The molecular weight excluding hydrogens is 160 g/mol. The van der Waals surface area contributed by atoms with Crippen LogP contribution < -0.4 is 0 Å². The Morgan fingerprint density at radius 2 is 1.45 bits per heavy atom. The summed E-state index contributed by atoms with van der Waals surface area (Å²) in [5.74, 6) is 0. The van der Waals surface area contributed by atoms with Crippen molar-refractivity contribution in [1.82, 2.24) is 0 Å². The number of hydrogen-bond donors (Lipinski definition) is 0. The van der Waals surface area contributed by atoms with Crippen LogP contribution in [0.2, 0.25) is 0 Å². The Morgan fingerprint density at radius 1 is 1.00 bits per heavy atom. The van der Waals surface area contributed by atoms with Crippen molar-refractivity contribution in [3.8, 4) is 0 Å². The molecule has 11 heavy (non-hydrogen) atoms. The normalized spacial score (nSPS) is 10.9. The van der Waals surface area contributed by atoms with E-state index in [9.17, 15) is 0 Å². The Morgan fingerprint density at radius 3 is 1.73 bits per heavy atom. The highest BCUT2D eigenvalue weighted by Crippen LogP contribution is 1.93. The second-order valence-corrected chi connectivity index (χ2v) is 3.64. The van der Waals surface area contributed by atoms with Gasteiger partial charge in [-0.2, -0.15) is 0 Å². The lowest BCUT2D eigenvalue weighted by atomic mass is 10.5. The second kappa shape index (κ2) is 8.20. The summed E-state index contributed by atoms with van der Waals surface area (Å²) in [5, 5.41) is 0. The molecule has 67 valence electrons. The van der Waals surface area contributed by atoms with E-state index in [4.69, 9.17) is 13.3 Å². The van der Waals surface area contributed by atoms with E-state index in [0.717, 1.165) is 26.1 Å². The molecular formula is C7H17O3Si. The van der Waals surface area contributed by atoms with Crippen molar-refractivity contribution in [2.75, 3.05) is 20.3 Å². The van der Waals surface area contributed by atoms with Gasteiger partial charge in [-0.25, -0.2) is 0 Å². The molecule has 4 heteroatoms. The average molecular weight is 177 g/mol.